The molecule has 0 bridgehead atoms. The number of nitro benzene ring substituents is 1. The SMILES string of the molecule is Cc1ccc(NC(=O)c2ccc(Cl)c(Cl)c2)c([N+](=O)[O-])c1. The monoisotopic (exact) mass is 324 g/mol. The molecule has 2 rings (SSSR count). The highest BCUT2D eigenvalue weighted by atomic mass is 35.5. The highest BCUT2D eigenvalue weighted by molar-refractivity contribution is 6.42. The zero-order valence-corrected chi connectivity index (χ0v) is 12.4. The molecular formula is C14H10Cl2N2O3. The zero-order valence-electron chi connectivity index (χ0n) is 10.9. The Bertz CT molecular complexity index is 732. The van der Waals surface area contributed by atoms with Crippen molar-refractivity contribution in [2.75, 3.05) is 5.32 Å². The van der Waals surface area contributed by atoms with Crippen LogP contribution in [0.5, 0.6) is 0 Å². The van der Waals surface area contributed by atoms with Crippen LogP contribution in [-0.2, 0) is 0 Å². The number of benzene rings is 2. The number of nitro groups is 1. The standard InChI is InChI=1S/C14H10Cl2N2O3/c1-8-2-5-12(13(6-8)18(20)21)17-14(19)9-3-4-10(15)11(16)7-9/h2-7H,1H3,(H,17,19). The number of halogens is 2. The molecule has 0 aliphatic carbocycles. The Morgan fingerprint density at radius 1 is 1.14 bits per heavy atom. The van der Waals surface area contributed by atoms with Crippen molar-refractivity contribution in [3.05, 3.63) is 67.7 Å². The van der Waals surface area contributed by atoms with Gasteiger partial charge in [-0.2, -0.15) is 0 Å². The predicted molar refractivity (Wildman–Crippen MR) is 82.2 cm³/mol. The van der Waals surface area contributed by atoms with Gasteiger partial charge >= 0.3 is 0 Å². The summed E-state index contributed by atoms with van der Waals surface area (Å²) in [5, 5.41) is 14.1. The molecule has 0 fully saturated rings. The van der Waals surface area contributed by atoms with Crippen molar-refractivity contribution in [2.45, 2.75) is 6.92 Å². The van der Waals surface area contributed by atoms with E-state index in [1.165, 1.54) is 30.3 Å². The van der Waals surface area contributed by atoms with Crippen molar-refractivity contribution in [3.63, 3.8) is 0 Å². The number of nitrogens with zero attached hydrogens (tertiary/aromatic N) is 1. The summed E-state index contributed by atoms with van der Waals surface area (Å²) >= 11 is 11.6. The average Bonchev–Trinajstić information content (AvgIpc) is 2.43. The number of rotatable bonds is 3. The first-order valence-corrected chi connectivity index (χ1v) is 6.65. The Balaban J connectivity index is 2.31. The molecule has 0 aliphatic rings. The van der Waals surface area contributed by atoms with Crippen LogP contribution in [0.25, 0.3) is 0 Å². The van der Waals surface area contributed by atoms with Gasteiger partial charge in [-0.05, 0) is 36.8 Å². The number of nitrogens with one attached hydrogen (secondary N) is 1. The minimum atomic E-state index is -0.544. The van der Waals surface area contributed by atoms with Gasteiger partial charge in [-0.25, -0.2) is 0 Å². The van der Waals surface area contributed by atoms with Crippen LogP contribution in [0.4, 0.5) is 11.4 Å². The fraction of sp³-hybridized carbons (Fsp3) is 0.0714. The second kappa shape index (κ2) is 6.11. The average molecular weight is 325 g/mol. The summed E-state index contributed by atoms with van der Waals surface area (Å²) in [6.45, 7) is 1.73. The van der Waals surface area contributed by atoms with Gasteiger partial charge in [-0.3, -0.25) is 14.9 Å². The molecule has 5 nitrogen and oxygen atoms in total. The van der Waals surface area contributed by atoms with Crippen LogP contribution < -0.4 is 5.32 Å². The quantitative estimate of drug-likeness (QED) is 0.669. The molecule has 2 aromatic rings. The fourth-order valence-corrected chi connectivity index (χ4v) is 2.03. The zero-order chi connectivity index (χ0) is 15.6. The van der Waals surface area contributed by atoms with Crippen molar-refractivity contribution in [3.8, 4) is 0 Å². The molecule has 1 N–H and O–H groups in total. The molecule has 0 heterocycles. The van der Waals surface area contributed by atoms with E-state index in [2.05, 4.69) is 5.32 Å². The highest BCUT2D eigenvalue weighted by Gasteiger charge is 2.17. The smallest absolute Gasteiger partial charge is 0.293 e. The van der Waals surface area contributed by atoms with Crippen LogP contribution in [0.3, 0.4) is 0 Å². The number of hydrogen-bond acceptors (Lipinski definition) is 3. The molecule has 2 aromatic carbocycles. The number of carbonyl (C=O) groups excluding carboxylic acids is 1. The van der Waals surface area contributed by atoms with E-state index in [0.29, 0.717) is 5.02 Å². The molecule has 21 heavy (non-hydrogen) atoms. The van der Waals surface area contributed by atoms with Crippen molar-refractivity contribution >= 4 is 40.5 Å². The summed E-state index contributed by atoms with van der Waals surface area (Å²) in [4.78, 5) is 22.6. The Morgan fingerprint density at radius 2 is 1.86 bits per heavy atom. The normalized spacial score (nSPS) is 10.2. The maximum Gasteiger partial charge on any atom is 0.293 e. The highest BCUT2D eigenvalue weighted by Crippen LogP contribution is 2.27. The van der Waals surface area contributed by atoms with Crippen LogP contribution in [0.1, 0.15) is 15.9 Å². The van der Waals surface area contributed by atoms with Gasteiger partial charge in [0.25, 0.3) is 11.6 Å². The van der Waals surface area contributed by atoms with E-state index in [9.17, 15) is 14.9 Å². The van der Waals surface area contributed by atoms with Crippen molar-refractivity contribution in [1.29, 1.82) is 0 Å². The lowest BCUT2D eigenvalue weighted by molar-refractivity contribution is -0.384. The first kappa shape index (κ1) is 15.3. The van der Waals surface area contributed by atoms with E-state index >= 15 is 0 Å². The van der Waals surface area contributed by atoms with Gasteiger partial charge in [0.2, 0.25) is 0 Å². The van der Waals surface area contributed by atoms with Gasteiger partial charge in [-0.15, -0.1) is 0 Å². The van der Waals surface area contributed by atoms with E-state index in [0.717, 1.165) is 5.56 Å². The van der Waals surface area contributed by atoms with Crippen molar-refractivity contribution < 1.29 is 9.72 Å². The second-order valence-corrected chi connectivity index (χ2v) is 5.18. The molecule has 0 saturated carbocycles. The van der Waals surface area contributed by atoms with Crippen molar-refractivity contribution in [1.82, 2.24) is 0 Å². The van der Waals surface area contributed by atoms with E-state index in [4.69, 9.17) is 23.2 Å². The predicted octanol–water partition coefficient (Wildman–Crippen LogP) is 4.46. The molecule has 0 saturated heterocycles. The topological polar surface area (TPSA) is 72.2 Å². The molecule has 0 aliphatic heterocycles. The summed E-state index contributed by atoms with van der Waals surface area (Å²) < 4.78 is 0. The van der Waals surface area contributed by atoms with Crippen LogP contribution >= 0.6 is 23.2 Å². The molecule has 108 valence electrons. The lowest BCUT2D eigenvalue weighted by Gasteiger charge is -2.07. The molecule has 0 spiro atoms. The minimum absolute atomic E-state index is 0.127. The molecule has 7 heteroatoms. The van der Waals surface area contributed by atoms with Crippen molar-refractivity contribution in [2.24, 2.45) is 0 Å². The van der Waals surface area contributed by atoms with Gasteiger partial charge in [0, 0.05) is 11.6 Å². The first-order valence-electron chi connectivity index (χ1n) is 5.90. The van der Waals surface area contributed by atoms with Gasteiger partial charge in [0.1, 0.15) is 5.69 Å². The van der Waals surface area contributed by atoms with E-state index < -0.39 is 10.8 Å². The number of hydrogen-bond donors (Lipinski definition) is 1. The summed E-state index contributed by atoms with van der Waals surface area (Å²) in [7, 11) is 0. The Hall–Kier alpha value is -2.11. The molecule has 1 amide bonds. The number of aryl methyl sites for hydroxylation is 1. The molecule has 0 radical (unpaired) electrons. The lowest BCUT2D eigenvalue weighted by atomic mass is 10.1. The number of anilines is 1. The van der Waals surface area contributed by atoms with Gasteiger partial charge < -0.3 is 5.32 Å². The maximum atomic E-state index is 12.1. The lowest BCUT2D eigenvalue weighted by Crippen LogP contribution is -2.13. The fourth-order valence-electron chi connectivity index (χ4n) is 1.73. The second-order valence-electron chi connectivity index (χ2n) is 4.36. The van der Waals surface area contributed by atoms with Gasteiger partial charge in [-0.1, -0.05) is 29.3 Å². The Kier molecular flexibility index (Phi) is 4.45. The number of carbonyl (C=O) groups is 1. The Labute approximate surface area is 130 Å². The third-order valence-electron chi connectivity index (χ3n) is 2.78. The van der Waals surface area contributed by atoms with Gasteiger partial charge in [0.15, 0.2) is 0 Å². The van der Waals surface area contributed by atoms with Crippen LogP contribution in [-0.4, -0.2) is 10.8 Å². The summed E-state index contributed by atoms with van der Waals surface area (Å²) in [6.07, 6.45) is 0. The third-order valence-corrected chi connectivity index (χ3v) is 3.52. The van der Waals surface area contributed by atoms with Crippen LogP contribution in [0, 0.1) is 17.0 Å². The van der Waals surface area contributed by atoms with E-state index in [-0.39, 0.29) is 22.0 Å². The first-order chi connectivity index (χ1) is 9.88. The number of amides is 1. The summed E-state index contributed by atoms with van der Waals surface area (Å²) in [5.74, 6) is -0.500. The molecule has 0 aromatic heterocycles. The summed E-state index contributed by atoms with van der Waals surface area (Å²) in [6, 6.07) is 8.94. The molecule has 0 unspecified atom stereocenters. The van der Waals surface area contributed by atoms with E-state index in [1.807, 2.05) is 0 Å². The minimum Gasteiger partial charge on any atom is -0.316 e. The van der Waals surface area contributed by atoms with Crippen LogP contribution in [0.2, 0.25) is 10.0 Å². The largest absolute Gasteiger partial charge is 0.316 e. The van der Waals surface area contributed by atoms with Crippen LogP contribution in [0.15, 0.2) is 36.4 Å². The maximum absolute atomic E-state index is 12.1. The summed E-state index contributed by atoms with van der Waals surface area (Å²) in [5.41, 5.74) is 0.957. The van der Waals surface area contributed by atoms with Gasteiger partial charge in [0.05, 0.1) is 15.0 Å². The Morgan fingerprint density at radius 3 is 2.48 bits per heavy atom. The van der Waals surface area contributed by atoms with E-state index in [1.54, 1.807) is 13.0 Å². The molecular weight excluding hydrogens is 315 g/mol. The third kappa shape index (κ3) is 3.51. The molecule has 0 atom stereocenters.